The van der Waals surface area contributed by atoms with Crippen molar-refractivity contribution in [2.24, 2.45) is 0 Å². The van der Waals surface area contributed by atoms with E-state index >= 15 is 0 Å². The highest BCUT2D eigenvalue weighted by atomic mass is 35.5. The average Bonchev–Trinajstić information content (AvgIpc) is 3.12. The molecule has 0 aliphatic carbocycles. The Morgan fingerprint density at radius 2 is 2.03 bits per heavy atom. The van der Waals surface area contributed by atoms with Crippen LogP contribution in [0.15, 0.2) is 29.6 Å². The van der Waals surface area contributed by atoms with Crippen LogP contribution in [0.1, 0.15) is 29.4 Å². The number of benzene rings is 1. The molecule has 31 heavy (non-hydrogen) atoms. The van der Waals surface area contributed by atoms with E-state index in [0.717, 1.165) is 11.3 Å². The fraction of sp³-hybridized carbons (Fsp3) is 0.450. The molecule has 1 fully saturated rings. The van der Waals surface area contributed by atoms with Crippen LogP contribution in [0.2, 0.25) is 5.02 Å². The second-order valence-electron chi connectivity index (χ2n) is 6.96. The number of carbonyl (C=O) groups is 1. The van der Waals surface area contributed by atoms with Gasteiger partial charge in [-0.3, -0.25) is 4.79 Å². The second-order valence-corrected chi connectivity index (χ2v) is 10.8. The molecule has 1 unspecified atom stereocenters. The molecule has 1 saturated heterocycles. The first-order valence-corrected chi connectivity index (χ1v) is 12.8. The molecule has 3 rings (SSSR count). The molecule has 1 aromatic heterocycles. The lowest BCUT2D eigenvalue weighted by Gasteiger charge is -2.28. The van der Waals surface area contributed by atoms with Gasteiger partial charge in [-0.2, -0.15) is 0 Å². The van der Waals surface area contributed by atoms with Gasteiger partial charge in [0, 0.05) is 12.6 Å². The highest BCUT2D eigenvalue weighted by molar-refractivity contribution is 7.99. The van der Waals surface area contributed by atoms with E-state index in [0.29, 0.717) is 23.1 Å². The summed E-state index contributed by atoms with van der Waals surface area (Å²) in [6.07, 6.45) is 1.76. The Bertz CT molecular complexity index is 1060. The molecule has 1 atom stereocenters. The molecule has 0 bridgehead atoms. The van der Waals surface area contributed by atoms with Crippen molar-refractivity contribution >= 4 is 39.1 Å². The molecule has 1 aromatic carbocycles. The smallest absolute Gasteiger partial charge is 0.274 e. The van der Waals surface area contributed by atoms with Gasteiger partial charge in [0.05, 0.1) is 36.9 Å². The number of ether oxygens (including phenoxy) is 2. The number of carbonyl (C=O) groups excluding carboxylic acids is 1. The molecule has 1 aliphatic heterocycles. The SMILES string of the molecule is CCSc1ncc(Cl)c(C(=O)N(Cc2ccc(OC)c(OC)c2)C2CCS(=O)(=O)C2)n1. The number of sulfone groups is 1. The van der Waals surface area contributed by atoms with E-state index in [4.69, 9.17) is 21.1 Å². The summed E-state index contributed by atoms with van der Waals surface area (Å²) < 4.78 is 34.9. The number of hydrogen-bond donors (Lipinski definition) is 0. The van der Waals surface area contributed by atoms with E-state index in [1.165, 1.54) is 30.0 Å². The van der Waals surface area contributed by atoms with Crippen LogP contribution in [0.5, 0.6) is 11.5 Å². The number of nitrogens with zero attached hydrogens (tertiary/aromatic N) is 3. The van der Waals surface area contributed by atoms with E-state index in [1.807, 2.05) is 13.0 Å². The van der Waals surface area contributed by atoms with E-state index in [9.17, 15) is 13.2 Å². The zero-order valence-corrected chi connectivity index (χ0v) is 19.9. The lowest BCUT2D eigenvalue weighted by molar-refractivity contribution is 0.0673. The van der Waals surface area contributed by atoms with E-state index in [-0.39, 0.29) is 28.8 Å². The summed E-state index contributed by atoms with van der Waals surface area (Å²) in [5.74, 6) is 1.35. The minimum Gasteiger partial charge on any atom is -0.493 e. The van der Waals surface area contributed by atoms with Crippen molar-refractivity contribution in [2.45, 2.75) is 31.1 Å². The quantitative estimate of drug-likeness (QED) is 0.415. The number of rotatable bonds is 8. The van der Waals surface area contributed by atoms with Gasteiger partial charge in [-0.05, 0) is 29.9 Å². The minimum absolute atomic E-state index is 0.0435. The topological polar surface area (TPSA) is 98.7 Å². The molecule has 0 saturated carbocycles. The average molecular weight is 486 g/mol. The monoisotopic (exact) mass is 485 g/mol. The molecule has 2 aromatic rings. The Labute approximate surface area is 191 Å². The third-order valence-corrected chi connectivity index (χ3v) is 7.68. The van der Waals surface area contributed by atoms with Crippen LogP contribution in [-0.2, 0) is 16.4 Å². The van der Waals surface area contributed by atoms with Crippen molar-refractivity contribution in [1.82, 2.24) is 14.9 Å². The number of aromatic nitrogens is 2. The van der Waals surface area contributed by atoms with Crippen LogP contribution in [0, 0.1) is 0 Å². The molecule has 0 spiro atoms. The Hall–Kier alpha value is -2.04. The van der Waals surface area contributed by atoms with Crippen molar-refractivity contribution in [3.63, 3.8) is 0 Å². The molecular formula is C20H24ClN3O5S2. The fourth-order valence-electron chi connectivity index (χ4n) is 3.40. The van der Waals surface area contributed by atoms with Gasteiger partial charge in [-0.15, -0.1) is 0 Å². The lowest BCUT2D eigenvalue weighted by Crippen LogP contribution is -2.41. The summed E-state index contributed by atoms with van der Waals surface area (Å²) in [7, 11) is -0.136. The zero-order valence-electron chi connectivity index (χ0n) is 17.5. The van der Waals surface area contributed by atoms with Crippen LogP contribution < -0.4 is 9.47 Å². The Balaban J connectivity index is 1.98. The molecular weight excluding hydrogens is 462 g/mol. The molecule has 0 radical (unpaired) electrons. The third kappa shape index (κ3) is 5.61. The predicted octanol–water partition coefficient (Wildman–Crippen LogP) is 3.09. The molecule has 168 valence electrons. The summed E-state index contributed by atoms with van der Waals surface area (Å²) in [5, 5.41) is 0.573. The van der Waals surface area contributed by atoms with Crippen LogP contribution in [0.3, 0.4) is 0 Å². The Morgan fingerprint density at radius 1 is 1.29 bits per heavy atom. The van der Waals surface area contributed by atoms with Gasteiger partial charge >= 0.3 is 0 Å². The van der Waals surface area contributed by atoms with Crippen LogP contribution in [0.4, 0.5) is 0 Å². The van der Waals surface area contributed by atoms with Crippen molar-refractivity contribution < 1.29 is 22.7 Å². The van der Waals surface area contributed by atoms with Gasteiger partial charge < -0.3 is 14.4 Å². The van der Waals surface area contributed by atoms with Crippen LogP contribution in [-0.4, -0.2) is 66.7 Å². The Morgan fingerprint density at radius 3 is 2.65 bits per heavy atom. The van der Waals surface area contributed by atoms with E-state index < -0.39 is 21.8 Å². The first-order chi connectivity index (χ1) is 14.8. The van der Waals surface area contributed by atoms with Crippen molar-refractivity contribution in [3.8, 4) is 11.5 Å². The fourth-order valence-corrected chi connectivity index (χ4v) is 5.84. The summed E-state index contributed by atoms with van der Waals surface area (Å²) in [5.41, 5.74) is 0.834. The minimum atomic E-state index is -3.21. The molecule has 8 nitrogen and oxygen atoms in total. The van der Waals surface area contributed by atoms with Crippen molar-refractivity contribution in [1.29, 1.82) is 0 Å². The normalized spacial score (nSPS) is 17.4. The van der Waals surface area contributed by atoms with Crippen LogP contribution in [0.25, 0.3) is 0 Å². The van der Waals surface area contributed by atoms with E-state index in [2.05, 4.69) is 9.97 Å². The number of methoxy groups -OCH3 is 2. The largest absolute Gasteiger partial charge is 0.493 e. The third-order valence-electron chi connectivity index (χ3n) is 4.91. The molecule has 2 heterocycles. The standard InChI is InChI=1S/C20H24ClN3O5S2/c1-4-30-20-22-10-15(21)18(23-20)19(25)24(14-7-8-31(26,27)12-14)11-13-5-6-16(28-2)17(9-13)29-3/h5-6,9-10,14H,4,7-8,11-12H2,1-3H3. The summed E-state index contributed by atoms with van der Waals surface area (Å²) in [6, 6.07) is 4.85. The summed E-state index contributed by atoms with van der Waals surface area (Å²) in [4.78, 5) is 23.5. The van der Waals surface area contributed by atoms with Crippen molar-refractivity contribution in [2.75, 3.05) is 31.5 Å². The van der Waals surface area contributed by atoms with E-state index in [1.54, 1.807) is 19.2 Å². The van der Waals surface area contributed by atoms with Crippen LogP contribution >= 0.6 is 23.4 Å². The predicted molar refractivity (Wildman–Crippen MR) is 120 cm³/mol. The maximum atomic E-state index is 13.5. The van der Waals surface area contributed by atoms with Gasteiger partial charge in [0.2, 0.25) is 0 Å². The lowest BCUT2D eigenvalue weighted by atomic mass is 10.1. The molecule has 1 aliphatic rings. The second kappa shape index (κ2) is 10.1. The summed E-state index contributed by atoms with van der Waals surface area (Å²) >= 11 is 7.65. The maximum Gasteiger partial charge on any atom is 0.274 e. The van der Waals surface area contributed by atoms with Gasteiger partial charge in [0.25, 0.3) is 5.91 Å². The highest BCUT2D eigenvalue weighted by Crippen LogP contribution is 2.30. The molecule has 11 heteroatoms. The molecule has 0 N–H and O–H groups in total. The van der Waals surface area contributed by atoms with Gasteiger partial charge in [0.1, 0.15) is 0 Å². The Kier molecular flexibility index (Phi) is 7.66. The van der Waals surface area contributed by atoms with Gasteiger partial charge in [0.15, 0.2) is 32.2 Å². The maximum absolute atomic E-state index is 13.5. The van der Waals surface area contributed by atoms with Gasteiger partial charge in [-0.1, -0.05) is 36.4 Å². The number of hydrogen-bond acceptors (Lipinski definition) is 8. The van der Waals surface area contributed by atoms with Gasteiger partial charge in [-0.25, -0.2) is 18.4 Å². The number of thioether (sulfide) groups is 1. The molecule has 1 amide bonds. The number of amides is 1. The summed E-state index contributed by atoms with van der Waals surface area (Å²) in [6.45, 7) is 2.13. The highest BCUT2D eigenvalue weighted by Gasteiger charge is 2.36. The first-order valence-electron chi connectivity index (χ1n) is 9.65. The first kappa shape index (κ1) is 23.6. The zero-order chi connectivity index (χ0) is 22.6. The number of halogens is 1. The van der Waals surface area contributed by atoms with Crippen molar-refractivity contribution in [3.05, 3.63) is 40.7 Å².